The molecule has 4 aliphatic heterocycles. The lowest BCUT2D eigenvalue weighted by Gasteiger charge is -2.40. The van der Waals surface area contributed by atoms with Gasteiger partial charge >= 0.3 is 0 Å². The van der Waals surface area contributed by atoms with Gasteiger partial charge in [0.1, 0.15) is 121 Å². The number of anilines is 4. The minimum atomic E-state index is -1.78. The molecule has 36 heteroatoms. The number of benzene rings is 4. The van der Waals surface area contributed by atoms with Gasteiger partial charge in [0.2, 0.25) is 0 Å². The fraction of sp³-hybridized carbons (Fsp3) is 0.562. The molecule has 0 spiro atoms. The molecule has 0 aromatic heterocycles. The molecule has 4 fully saturated rings. The summed E-state index contributed by atoms with van der Waals surface area (Å²) in [7, 11) is 0. The second-order valence-electron chi connectivity index (χ2n) is 24.4. The van der Waals surface area contributed by atoms with Crippen molar-refractivity contribution in [2.24, 2.45) is 0 Å². The Labute approximate surface area is 596 Å². The van der Waals surface area contributed by atoms with Crippen molar-refractivity contribution >= 4 is 92.1 Å². The lowest BCUT2D eigenvalue weighted by molar-refractivity contribution is -0.232. The van der Waals surface area contributed by atoms with Gasteiger partial charge in [0.05, 0.1) is 52.9 Å². The third-order valence-corrected chi connectivity index (χ3v) is 17.9. The molecular weight excluding hydrogens is 1390 g/mol. The maximum atomic E-state index is 11.2. The number of ether oxygens (including phenoxy) is 8. The van der Waals surface area contributed by atoms with Gasteiger partial charge in [0, 0.05) is 67.3 Å². The van der Waals surface area contributed by atoms with Gasteiger partial charge in [-0.15, -0.1) is 0 Å². The van der Waals surface area contributed by atoms with E-state index in [1.807, 2.05) is 27.7 Å². The van der Waals surface area contributed by atoms with E-state index in [4.69, 9.17) is 86.8 Å². The Kier molecular flexibility index (Phi) is 27.4. The number of fused-ring (bicyclic) bond motifs is 12. The van der Waals surface area contributed by atoms with E-state index in [0.29, 0.717) is 25.7 Å². The van der Waals surface area contributed by atoms with Crippen LogP contribution in [-0.2, 0) is 18.9 Å². The standard InChI is InChI=1S/C64H88N8O24S4/c1-5-9-89-53-29-13-25(65-61(97)69-57-49(85)45(81)41(77)37(21-73)93-57)14-30(53)32-16-27(67-63(99)71-59-51(87)47(83)43(79)39(23-75)95-59)18-34(55(32)91-11-7-3)36-20-28(68-64(100)72-60-52(88)48(84)44(80)40(24-76)96-60)19-35(56(36)92-12-8-4)33-17-26(15-31(29)54(33)90-10-6-2)66-62(98)70-58-50(86)46(82)42(78)38(22-74)94-58/h13-20,37-52,57-60,73-88H,5-12,21-24H2,1-4H3,(H2,65,69,97)(H2,66,70,98)(H2,67,71,99)(H2,68,72,100)/t37-,38-,39-,40-,41-,42-,43-,44-,45+,46+,47+,48+,49+,50+,51+,52+,57+,58+,59+,60+/m1/s1. The van der Waals surface area contributed by atoms with Crippen LogP contribution in [0.3, 0.4) is 0 Å². The van der Waals surface area contributed by atoms with Gasteiger partial charge in [0.15, 0.2) is 45.4 Å². The molecule has 0 saturated carbocycles. The van der Waals surface area contributed by atoms with Crippen LogP contribution in [0, 0.1) is 0 Å². The van der Waals surface area contributed by atoms with E-state index in [-0.39, 0.29) is 137 Å². The van der Waals surface area contributed by atoms with Gasteiger partial charge in [-0.05, 0) is 123 Å². The molecule has 0 radical (unpaired) electrons. The Balaban J connectivity index is 1.35. The molecule has 100 heavy (non-hydrogen) atoms. The summed E-state index contributed by atoms with van der Waals surface area (Å²) < 4.78 is 51.1. The highest BCUT2D eigenvalue weighted by molar-refractivity contribution is 7.81. The van der Waals surface area contributed by atoms with Gasteiger partial charge in [0.25, 0.3) is 0 Å². The quantitative estimate of drug-likeness (QED) is 0.0302. The van der Waals surface area contributed by atoms with Crippen molar-refractivity contribution < 1.29 is 120 Å². The molecule has 20 atom stereocenters. The van der Waals surface area contributed by atoms with E-state index in [9.17, 15) is 81.7 Å². The van der Waals surface area contributed by atoms with Crippen LogP contribution in [0.2, 0.25) is 0 Å². The highest BCUT2D eigenvalue weighted by Crippen LogP contribution is 2.57. The highest BCUT2D eigenvalue weighted by atomic mass is 32.1. The van der Waals surface area contributed by atoms with Crippen molar-refractivity contribution in [2.75, 3.05) is 74.1 Å². The molecule has 4 heterocycles. The van der Waals surface area contributed by atoms with Crippen LogP contribution >= 0.6 is 48.9 Å². The van der Waals surface area contributed by atoms with Crippen LogP contribution < -0.4 is 61.5 Å². The van der Waals surface area contributed by atoms with Crippen molar-refractivity contribution in [2.45, 2.75) is 176 Å². The molecule has 1 aliphatic carbocycles. The van der Waals surface area contributed by atoms with E-state index in [1.54, 1.807) is 48.5 Å². The second kappa shape index (κ2) is 35.0. The van der Waals surface area contributed by atoms with Crippen LogP contribution in [0.1, 0.15) is 53.4 Å². The second-order valence-corrected chi connectivity index (χ2v) is 26.0. The number of thiocarbonyl (C=S) groups is 4. The molecule has 32 nitrogen and oxygen atoms in total. The van der Waals surface area contributed by atoms with E-state index >= 15 is 0 Å². The zero-order valence-electron chi connectivity index (χ0n) is 54.7. The molecule has 4 aromatic carbocycles. The maximum absolute atomic E-state index is 11.2. The van der Waals surface area contributed by atoms with Gasteiger partial charge in [-0.2, -0.15) is 0 Å². The normalized spacial score (nSPS) is 29.9. The number of aliphatic hydroxyl groups excluding tert-OH is 16. The number of hydrogen-bond donors (Lipinski definition) is 24. The van der Waals surface area contributed by atoms with E-state index in [0.717, 1.165) is 0 Å². The minimum Gasteiger partial charge on any atom is -0.492 e. The predicted octanol–water partition coefficient (Wildman–Crippen LogP) is -1.83. The third-order valence-electron chi connectivity index (χ3n) is 17.0. The SMILES string of the molecule is CCCOc1c2cc(NC(=S)N[C@H]3O[C@H](CO)[C@@H](O)[C@H](O)[C@@H]3O)cc1-c1cc(NC(=S)N[C@H]3O[C@H](CO)[C@@H](O)[C@H](O)[C@@H]3O)cc(c1OCCC)-c1cc(NC(=S)N[C@H]3O[C@H](CO)[C@@H](O)[C@H](O)[C@@H]3O)cc(c1OCCC)-c1cc(NC(=S)N[C@H]3O[C@H](CO)[C@@H](O)[C@H](O)[C@@H]3O)cc-2c1OCCC. The Morgan fingerprint density at radius 3 is 0.620 bits per heavy atom. The van der Waals surface area contributed by atoms with Crippen molar-refractivity contribution in [3.63, 3.8) is 0 Å². The summed E-state index contributed by atoms with van der Waals surface area (Å²) in [4.78, 5) is 0. The maximum Gasteiger partial charge on any atom is 0.172 e. The van der Waals surface area contributed by atoms with Crippen molar-refractivity contribution in [3.8, 4) is 67.5 Å². The first kappa shape index (κ1) is 78.2. The minimum absolute atomic E-state index is 0.0795. The summed E-state index contributed by atoms with van der Waals surface area (Å²) in [5.74, 6) is 0.766. The van der Waals surface area contributed by atoms with Crippen molar-refractivity contribution in [1.82, 2.24) is 21.3 Å². The first-order chi connectivity index (χ1) is 47.8. The van der Waals surface area contributed by atoms with Crippen LogP contribution in [0.15, 0.2) is 48.5 Å². The predicted molar refractivity (Wildman–Crippen MR) is 377 cm³/mol. The zero-order valence-corrected chi connectivity index (χ0v) is 58.0. The zero-order chi connectivity index (χ0) is 72.5. The lowest BCUT2D eigenvalue weighted by atomic mass is 9.87. The lowest BCUT2D eigenvalue weighted by Crippen LogP contribution is -2.63. The average Bonchev–Trinajstić information content (AvgIpc) is 0.731. The molecule has 8 bridgehead atoms. The summed E-state index contributed by atoms with van der Waals surface area (Å²) >= 11 is 23.7. The molecule has 552 valence electrons. The molecule has 0 unspecified atom stereocenters. The first-order valence-corrected chi connectivity index (χ1v) is 34.2. The van der Waals surface area contributed by atoms with Crippen molar-refractivity contribution in [1.29, 1.82) is 0 Å². The largest absolute Gasteiger partial charge is 0.492 e. The van der Waals surface area contributed by atoms with Crippen LogP contribution in [0.5, 0.6) is 23.0 Å². The molecular formula is C64H88N8O24S4. The highest BCUT2D eigenvalue weighted by Gasteiger charge is 2.48. The van der Waals surface area contributed by atoms with Crippen LogP contribution in [0.25, 0.3) is 44.5 Å². The van der Waals surface area contributed by atoms with Crippen LogP contribution in [-0.4, -0.2) is 278 Å². The fourth-order valence-corrected chi connectivity index (χ4v) is 12.8. The van der Waals surface area contributed by atoms with Gasteiger partial charge in [-0.25, -0.2) is 0 Å². The van der Waals surface area contributed by atoms with Crippen LogP contribution in [0.4, 0.5) is 22.7 Å². The number of aliphatic hydroxyl groups is 16. The van der Waals surface area contributed by atoms with Gasteiger partial charge in [-0.3, -0.25) is 0 Å². The molecule has 4 saturated heterocycles. The number of hydrogen-bond acceptors (Lipinski definition) is 28. The summed E-state index contributed by atoms with van der Waals surface area (Å²) in [5, 5.41) is 194. The van der Waals surface area contributed by atoms with E-state index in [1.165, 1.54) is 0 Å². The first-order valence-electron chi connectivity index (χ1n) is 32.6. The molecule has 4 aromatic rings. The molecule has 24 N–H and O–H groups in total. The molecule has 0 amide bonds. The van der Waals surface area contributed by atoms with E-state index in [2.05, 4.69) is 42.5 Å². The topological polar surface area (TPSA) is 494 Å². The Morgan fingerprint density at radius 2 is 0.470 bits per heavy atom. The van der Waals surface area contributed by atoms with Crippen molar-refractivity contribution in [3.05, 3.63) is 48.5 Å². The summed E-state index contributed by atoms with van der Waals surface area (Å²) in [5.41, 5.74) is 2.96. The smallest absolute Gasteiger partial charge is 0.172 e. The van der Waals surface area contributed by atoms with Gasteiger partial charge < -0.3 is 162 Å². The van der Waals surface area contributed by atoms with E-state index < -0.39 is 149 Å². The third kappa shape index (κ3) is 17.3. The summed E-state index contributed by atoms with van der Waals surface area (Å²) in [6.45, 7) is 4.93. The molecule has 5 aliphatic rings. The monoisotopic (exact) mass is 1480 g/mol. The average molecular weight is 1480 g/mol. The summed E-state index contributed by atoms with van der Waals surface area (Å²) in [6, 6.07) is 13.4. The number of rotatable bonds is 24. The summed E-state index contributed by atoms with van der Waals surface area (Å²) in [6.07, 6.45) is -30.4. The van der Waals surface area contributed by atoms with Gasteiger partial charge in [-0.1, -0.05) is 27.7 Å². The fourth-order valence-electron chi connectivity index (χ4n) is 11.9. The molecule has 9 rings (SSSR count). The Bertz CT molecular complexity index is 2980. The Morgan fingerprint density at radius 1 is 0.300 bits per heavy atom. The Hall–Kier alpha value is -5.96. The number of nitrogens with one attached hydrogen (secondary N) is 8.